The van der Waals surface area contributed by atoms with Crippen LogP contribution >= 0.6 is 0 Å². The van der Waals surface area contributed by atoms with Crippen molar-refractivity contribution in [1.29, 1.82) is 0 Å². The first-order valence-corrected chi connectivity index (χ1v) is 6.89. The van der Waals surface area contributed by atoms with Crippen molar-refractivity contribution in [1.82, 2.24) is 5.32 Å². The van der Waals surface area contributed by atoms with Crippen LogP contribution in [0.15, 0.2) is 48.5 Å². The SMILES string of the molecule is Cc1cccc(C(=O)N[C@@H](C)C(=O)Nc2cccc(F)c2)c1. The van der Waals surface area contributed by atoms with Gasteiger partial charge in [-0.05, 0) is 44.2 Å². The number of halogens is 1. The monoisotopic (exact) mass is 300 g/mol. The molecule has 5 heteroatoms. The van der Waals surface area contributed by atoms with E-state index in [0.717, 1.165) is 5.56 Å². The van der Waals surface area contributed by atoms with Crippen LogP contribution in [0.4, 0.5) is 10.1 Å². The van der Waals surface area contributed by atoms with Crippen LogP contribution in [0.1, 0.15) is 22.8 Å². The van der Waals surface area contributed by atoms with E-state index in [4.69, 9.17) is 0 Å². The first-order chi connectivity index (χ1) is 10.5. The maximum absolute atomic E-state index is 13.1. The van der Waals surface area contributed by atoms with Gasteiger partial charge in [0.2, 0.25) is 5.91 Å². The van der Waals surface area contributed by atoms with Gasteiger partial charge in [0.1, 0.15) is 11.9 Å². The summed E-state index contributed by atoms with van der Waals surface area (Å²) in [6.07, 6.45) is 0. The molecule has 22 heavy (non-hydrogen) atoms. The fourth-order valence-corrected chi connectivity index (χ4v) is 1.95. The molecule has 2 rings (SSSR count). The molecule has 2 aromatic carbocycles. The first kappa shape index (κ1) is 15.7. The molecule has 0 fully saturated rings. The summed E-state index contributed by atoms with van der Waals surface area (Å²) in [7, 11) is 0. The van der Waals surface area contributed by atoms with Crippen molar-refractivity contribution < 1.29 is 14.0 Å². The minimum Gasteiger partial charge on any atom is -0.341 e. The number of hydrogen-bond acceptors (Lipinski definition) is 2. The van der Waals surface area contributed by atoms with E-state index in [1.165, 1.54) is 18.2 Å². The van der Waals surface area contributed by atoms with Gasteiger partial charge in [-0.15, -0.1) is 0 Å². The van der Waals surface area contributed by atoms with Crippen molar-refractivity contribution >= 4 is 17.5 Å². The molecule has 0 aliphatic heterocycles. The van der Waals surface area contributed by atoms with Crippen LogP contribution in [0.3, 0.4) is 0 Å². The van der Waals surface area contributed by atoms with E-state index in [0.29, 0.717) is 11.3 Å². The van der Waals surface area contributed by atoms with Gasteiger partial charge >= 0.3 is 0 Å². The zero-order valence-electron chi connectivity index (χ0n) is 12.4. The molecule has 4 nitrogen and oxygen atoms in total. The maximum Gasteiger partial charge on any atom is 0.251 e. The normalized spacial score (nSPS) is 11.6. The van der Waals surface area contributed by atoms with Crippen molar-refractivity contribution in [3.05, 3.63) is 65.5 Å². The highest BCUT2D eigenvalue weighted by Gasteiger charge is 2.16. The third-order valence-electron chi connectivity index (χ3n) is 3.11. The minimum atomic E-state index is -0.740. The number of benzene rings is 2. The first-order valence-electron chi connectivity index (χ1n) is 6.89. The lowest BCUT2D eigenvalue weighted by Gasteiger charge is -2.14. The fourth-order valence-electron chi connectivity index (χ4n) is 1.95. The van der Waals surface area contributed by atoms with Gasteiger partial charge in [0.05, 0.1) is 0 Å². The Morgan fingerprint density at radius 3 is 2.50 bits per heavy atom. The summed E-state index contributed by atoms with van der Waals surface area (Å²) in [4.78, 5) is 24.1. The summed E-state index contributed by atoms with van der Waals surface area (Å²) in [6, 6.07) is 11.9. The van der Waals surface area contributed by atoms with E-state index < -0.39 is 17.8 Å². The lowest BCUT2D eigenvalue weighted by Crippen LogP contribution is -2.41. The Hall–Kier alpha value is -2.69. The molecular formula is C17H17FN2O2. The van der Waals surface area contributed by atoms with Crippen LogP contribution in [0, 0.1) is 12.7 Å². The summed E-state index contributed by atoms with van der Waals surface area (Å²) in [5.74, 6) is -1.17. The van der Waals surface area contributed by atoms with Crippen LogP contribution in [-0.2, 0) is 4.79 Å². The van der Waals surface area contributed by atoms with E-state index in [9.17, 15) is 14.0 Å². The largest absolute Gasteiger partial charge is 0.341 e. The van der Waals surface area contributed by atoms with Gasteiger partial charge in [-0.1, -0.05) is 23.8 Å². The zero-order valence-corrected chi connectivity index (χ0v) is 12.4. The second-order valence-electron chi connectivity index (χ2n) is 5.06. The van der Waals surface area contributed by atoms with Gasteiger partial charge < -0.3 is 10.6 Å². The maximum atomic E-state index is 13.1. The second-order valence-corrected chi connectivity index (χ2v) is 5.06. The Morgan fingerprint density at radius 2 is 1.82 bits per heavy atom. The zero-order chi connectivity index (χ0) is 16.1. The van der Waals surface area contributed by atoms with Crippen LogP contribution in [0.25, 0.3) is 0 Å². The molecule has 0 saturated carbocycles. The van der Waals surface area contributed by atoms with Crippen molar-refractivity contribution in [2.45, 2.75) is 19.9 Å². The van der Waals surface area contributed by atoms with E-state index in [-0.39, 0.29) is 5.91 Å². The van der Waals surface area contributed by atoms with E-state index >= 15 is 0 Å². The Balaban J connectivity index is 1.98. The number of carbonyl (C=O) groups excluding carboxylic acids is 2. The predicted octanol–water partition coefficient (Wildman–Crippen LogP) is 2.89. The molecule has 0 aromatic heterocycles. The lowest BCUT2D eigenvalue weighted by molar-refractivity contribution is -0.117. The second kappa shape index (κ2) is 6.85. The number of amides is 2. The average Bonchev–Trinajstić information content (AvgIpc) is 2.47. The summed E-state index contributed by atoms with van der Waals surface area (Å²) in [5, 5.41) is 5.17. The molecule has 114 valence electrons. The smallest absolute Gasteiger partial charge is 0.251 e. The van der Waals surface area contributed by atoms with Crippen molar-refractivity contribution in [2.24, 2.45) is 0 Å². The topological polar surface area (TPSA) is 58.2 Å². The highest BCUT2D eigenvalue weighted by Crippen LogP contribution is 2.10. The molecule has 1 atom stereocenters. The number of aryl methyl sites for hydroxylation is 1. The van der Waals surface area contributed by atoms with Crippen LogP contribution in [0.2, 0.25) is 0 Å². The fraction of sp³-hybridized carbons (Fsp3) is 0.176. The average molecular weight is 300 g/mol. The lowest BCUT2D eigenvalue weighted by atomic mass is 10.1. The van der Waals surface area contributed by atoms with Crippen molar-refractivity contribution in [3.8, 4) is 0 Å². The Morgan fingerprint density at radius 1 is 1.09 bits per heavy atom. The van der Waals surface area contributed by atoms with Gasteiger partial charge in [0.15, 0.2) is 0 Å². The van der Waals surface area contributed by atoms with Crippen molar-refractivity contribution in [2.75, 3.05) is 5.32 Å². The summed E-state index contributed by atoms with van der Waals surface area (Å²) >= 11 is 0. The third-order valence-corrected chi connectivity index (χ3v) is 3.11. The molecule has 0 heterocycles. The molecule has 0 aliphatic rings. The van der Waals surface area contributed by atoms with Gasteiger partial charge in [-0.3, -0.25) is 9.59 Å². The molecule has 0 spiro atoms. The minimum absolute atomic E-state index is 0.328. The highest BCUT2D eigenvalue weighted by molar-refractivity contribution is 6.01. The van der Waals surface area contributed by atoms with Crippen LogP contribution in [-0.4, -0.2) is 17.9 Å². The van der Waals surface area contributed by atoms with E-state index in [1.807, 2.05) is 13.0 Å². The number of hydrogen-bond donors (Lipinski definition) is 2. The molecule has 2 aromatic rings. The Kier molecular flexibility index (Phi) is 4.88. The molecule has 0 radical (unpaired) electrons. The number of carbonyl (C=O) groups is 2. The molecule has 0 saturated heterocycles. The molecule has 0 aliphatic carbocycles. The Labute approximate surface area is 128 Å². The number of rotatable bonds is 4. The quantitative estimate of drug-likeness (QED) is 0.912. The summed E-state index contributed by atoms with van der Waals surface area (Å²) < 4.78 is 13.1. The van der Waals surface area contributed by atoms with Gasteiger partial charge in [0, 0.05) is 11.3 Å². The Bertz CT molecular complexity index is 701. The van der Waals surface area contributed by atoms with Crippen LogP contribution in [0.5, 0.6) is 0 Å². The molecule has 0 unspecified atom stereocenters. The third kappa shape index (κ3) is 4.15. The number of anilines is 1. The molecule has 2 amide bonds. The van der Waals surface area contributed by atoms with E-state index in [1.54, 1.807) is 31.2 Å². The van der Waals surface area contributed by atoms with Gasteiger partial charge in [-0.2, -0.15) is 0 Å². The highest BCUT2D eigenvalue weighted by atomic mass is 19.1. The van der Waals surface area contributed by atoms with Crippen LogP contribution < -0.4 is 10.6 Å². The number of nitrogens with one attached hydrogen (secondary N) is 2. The molecular weight excluding hydrogens is 283 g/mol. The van der Waals surface area contributed by atoms with Gasteiger partial charge in [0.25, 0.3) is 5.91 Å². The molecule has 2 N–H and O–H groups in total. The summed E-state index contributed by atoms with van der Waals surface area (Å²) in [6.45, 7) is 3.46. The van der Waals surface area contributed by atoms with Crippen molar-refractivity contribution in [3.63, 3.8) is 0 Å². The standard InChI is InChI=1S/C17H17FN2O2/c1-11-5-3-6-13(9-11)17(22)19-12(2)16(21)20-15-8-4-7-14(18)10-15/h3-10,12H,1-2H3,(H,19,22)(H,20,21)/t12-/m0/s1. The summed E-state index contributed by atoms with van der Waals surface area (Å²) in [5.41, 5.74) is 1.80. The predicted molar refractivity (Wildman–Crippen MR) is 83.1 cm³/mol. The van der Waals surface area contributed by atoms with Gasteiger partial charge in [-0.25, -0.2) is 4.39 Å². The molecule has 0 bridgehead atoms. The van der Waals surface area contributed by atoms with E-state index in [2.05, 4.69) is 10.6 Å².